The summed E-state index contributed by atoms with van der Waals surface area (Å²) in [4.78, 5) is 15.3. The van der Waals surface area contributed by atoms with Crippen LogP contribution in [-0.2, 0) is 0 Å². The molecule has 0 aliphatic carbocycles. The zero-order chi connectivity index (χ0) is 21.2. The molecule has 1 atom stereocenters. The minimum Gasteiger partial charge on any atom is -0.481 e. The van der Waals surface area contributed by atoms with Gasteiger partial charge in [-0.05, 0) is 43.2 Å². The second-order valence-electron chi connectivity index (χ2n) is 6.73. The molecule has 0 saturated carbocycles. The minimum absolute atomic E-state index is 0.00544. The summed E-state index contributed by atoms with van der Waals surface area (Å²) < 4.78 is 5.24. The Labute approximate surface area is 178 Å². The number of methoxy groups -OCH3 is 1. The van der Waals surface area contributed by atoms with Crippen LogP contribution in [0.2, 0.25) is 0 Å². The van der Waals surface area contributed by atoms with Crippen LogP contribution in [0.4, 0.5) is 11.4 Å². The van der Waals surface area contributed by atoms with E-state index in [9.17, 15) is 0 Å². The summed E-state index contributed by atoms with van der Waals surface area (Å²) in [7, 11) is 1.61. The van der Waals surface area contributed by atoms with Gasteiger partial charge >= 0.3 is 0 Å². The average molecular weight is 399 g/mol. The lowest BCUT2D eigenvalue weighted by Gasteiger charge is -2.33. The van der Waals surface area contributed by atoms with Gasteiger partial charge in [-0.3, -0.25) is 9.97 Å². The number of aromatic nitrogens is 3. The second-order valence-corrected chi connectivity index (χ2v) is 6.73. The molecule has 0 amide bonds. The van der Waals surface area contributed by atoms with E-state index in [-0.39, 0.29) is 6.04 Å². The number of nitrogens with zero attached hydrogens (tertiary/aromatic N) is 4. The van der Waals surface area contributed by atoms with Crippen LogP contribution in [-0.4, -0.2) is 22.1 Å². The van der Waals surface area contributed by atoms with Crippen LogP contribution in [0.5, 0.6) is 5.88 Å². The van der Waals surface area contributed by atoms with Crippen LogP contribution >= 0.6 is 0 Å². The maximum atomic E-state index is 5.24. The lowest BCUT2D eigenvalue weighted by atomic mass is 10.0. The van der Waals surface area contributed by atoms with E-state index in [2.05, 4.69) is 51.6 Å². The number of hydrogen-bond donors (Lipinski definition) is 0. The highest BCUT2D eigenvalue weighted by Gasteiger charge is 2.22. The number of rotatable bonds is 9. The molecule has 1 unspecified atom stereocenters. The van der Waals surface area contributed by atoms with Crippen LogP contribution in [0.25, 0.3) is 0 Å². The molecule has 0 aliphatic heterocycles. The maximum Gasteiger partial charge on any atom is 0.213 e. The Morgan fingerprint density at radius 3 is 2.43 bits per heavy atom. The summed E-state index contributed by atoms with van der Waals surface area (Å²) in [6, 6.07) is 11.9. The van der Waals surface area contributed by atoms with Gasteiger partial charge in [0.2, 0.25) is 5.88 Å². The van der Waals surface area contributed by atoms with Gasteiger partial charge in [0.25, 0.3) is 0 Å². The smallest absolute Gasteiger partial charge is 0.213 e. The molecular weight excluding hydrogens is 372 g/mol. The van der Waals surface area contributed by atoms with E-state index in [0.29, 0.717) is 5.88 Å². The third-order valence-corrected chi connectivity index (χ3v) is 4.63. The summed E-state index contributed by atoms with van der Waals surface area (Å²) in [5, 5.41) is 0. The summed E-state index contributed by atoms with van der Waals surface area (Å²) in [5.74, 6) is 0.577. The molecule has 3 aromatic rings. The van der Waals surface area contributed by atoms with Gasteiger partial charge in [0.1, 0.15) is 0 Å². The molecule has 0 bridgehead atoms. The van der Waals surface area contributed by atoms with Gasteiger partial charge < -0.3 is 9.64 Å². The SMILES string of the molecule is C=C/C=C(C)\C=C/CC(c1cccnc1)N(c1cccnc1)c1ccc(OC)nc1. The Hall–Kier alpha value is -3.73. The van der Waals surface area contributed by atoms with Crippen molar-refractivity contribution >= 4 is 11.4 Å². The van der Waals surface area contributed by atoms with E-state index in [1.54, 1.807) is 25.6 Å². The van der Waals surface area contributed by atoms with Gasteiger partial charge in [0, 0.05) is 24.7 Å². The monoisotopic (exact) mass is 398 g/mol. The summed E-state index contributed by atoms with van der Waals surface area (Å²) >= 11 is 0. The van der Waals surface area contributed by atoms with Crippen LogP contribution in [0.1, 0.15) is 24.9 Å². The van der Waals surface area contributed by atoms with Crippen molar-refractivity contribution in [1.82, 2.24) is 15.0 Å². The third-order valence-electron chi connectivity index (χ3n) is 4.63. The Kier molecular flexibility index (Phi) is 7.50. The molecule has 3 heterocycles. The fourth-order valence-corrected chi connectivity index (χ4v) is 3.23. The average Bonchev–Trinajstić information content (AvgIpc) is 2.80. The largest absolute Gasteiger partial charge is 0.481 e. The molecule has 5 nitrogen and oxygen atoms in total. The van der Waals surface area contributed by atoms with Crippen molar-refractivity contribution in [1.29, 1.82) is 0 Å². The van der Waals surface area contributed by atoms with Gasteiger partial charge in [-0.25, -0.2) is 4.98 Å². The lowest BCUT2D eigenvalue weighted by molar-refractivity contribution is 0.398. The van der Waals surface area contributed by atoms with Crippen molar-refractivity contribution < 1.29 is 4.74 Å². The fraction of sp³-hybridized carbons (Fsp3) is 0.160. The first-order chi connectivity index (χ1) is 14.7. The van der Waals surface area contributed by atoms with Crippen molar-refractivity contribution in [2.75, 3.05) is 12.0 Å². The fourth-order valence-electron chi connectivity index (χ4n) is 3.23. The van der Waals surface area contributed by atoms with Crippen molar-refractivity contribution in [3.05, 3.63) is 109 Å². The van der Waals surface area contributed by atoms with E-state index in [1.165, 1.54) is 0 Å². The molecule has 3 rings (SSSR count). The number of ether oxygens (including phenoxy) is 1. The van der Waals surface area contributed by atoms with E-state index < -0.39 is 0 Å². The number of anilines is 2. The van der Waals surface area contributed by atoms with E-state index in [4.69, 9.17) is 4.74 Å². The molecule has 30 heavy (non-hydrogen) atoms. The minimum atomic E-state index is 0.00544. The molecular formula is C25H26N4O. The first-order valence-corrected chi connectivity index (χ1v) is 9.78. The van der Waals surface area contributed by atoms with Crippen LogP contribution in [0, 0.1) is 0 Å². The summed E-state index contributed by atoms with van der Waals surface area (Å²) in [6.45, 7) is 5.82. The third kappa shape index (κ3) is 5.41. The molecule has 0 fully saturated rings. The standard InChI is InChI=1S/C25H26N4O/c1-4-8-20(2)9-5-12-24(21-10-6-15-26-17-21)29(22-11-7-16-27-18-22)23-13-14-25(30-3)28-19-23/h4-11,13-19,24H,1,12H2,2-3H3/b9-5-,20-8-. The van der Waals surface area contributed by atoms with Crippen molar-refractivity contribution in [3.63, 3.8) is 0 Å². The molecule has 5 heteroatoms. The highest BCUT2D eigenvalue weighted by Crippen LogP contribution is 2.37. The van der Waals surface area contributed by atoms with Gasteiger partial charge in [-0.15, -0.1) is 0 Å². The Morgan fingerprint density at radius 1 is 1.07 bits per heavy atom. The van der Waals surface area contributed by atoms with Gasteiger partial charge in [-0.1, -0.05) is 42.5 Å². The lowest BCUT2D eigenvalue weighted by Crippen LogP contribution is -2.24. The second kappa shape index (κ2) is 10.7. The van der Waals surface area contributed by atoms with E-state index >= 15 is 0 Å². The van der Waals surface area contributed by atoms with Gasteiger partial charge in [-0.2, -0.15) is 0 Å². The van der Waals surface area contributed by atoms with Crippen LogP contribution < -0.4 is 9.64 Å². The van der Waals surface area contributed by atoms with E-state index in [0.717, 1.165) is 28.9 Å². The predicted molar refractivity (Wildman–Crippen MR) is 122 cm³/mol. The number of hydrogen-bond acceptors (Lipinski definition) is 5. The summed E-state index contributed by atoms with van der Waals surface area (Å²) in [6.07, 6.45) is 18.0. The Morgan fingerprint density at radius 2 is 1.83 bits per heavy atom. The molecule has 0 aliphatic rings. The predicted octanol–water partition coefficient (Wildman–Crippen LogP) is 5.84. The van der Waals surface area contributed by atoms with Crippen molar-refractivity contribution in [2.45, 2.75) is 19.4 Å². The number of allylic oxidation sites excluding steroid dienone is 4. The molecule has 0 saturated heterocycles. The van der Waals surface area contributed by atoms with Crippen LogP contribution in [0.15, 0.2) is 104 Å². The Bertz CT molecular complexity index is 983. The molecule has 0 spiro atoms. The highest BCUT2D eigenvalue weighted by atomic mass is 16.5. The Balaban J connectivity index is 2.05. The van der Waals surface area contributed by atoms with E-state index in [1.807, 2.05) is 55.0 Å². The zero-order valence-corrected chi connectivity index (χ0v) is 17.3. The molecule has 152 valence electrons. The van der Waals surface area contributed by atoms with Gasteiger partial charge in [0.15, 0.2) is 0 Å². The first kappa shape index (κ1) is 21.0. The van der Waals surface area contributed by atoms with Gasteiger partial charge in [0.05, 0.1) is 36.9 Å². The molecule has 0 radical (unpaired) electrons. The zero-order valence-electron chi connectivity index (χ0n) is 17.3. The number of pyridine rings is 3. The molecule has 3 aromatic heterocycles. The summed E-state index contributed by atoms with van der Waals surface area (Å²) in [5.41, 5.74) is 4.18. The topological polar surface area (TPSA) is 51.1 Å². The quantitative estimate of drug-likeness (QED) is 0.424. The van der Waals surface area contributed by atoms with Crippen molar-refractivity contribution in [2.24, 2.45) is 0 Å². The molecule has 0 aromatic carbocycles. The van der Waals surface area contributed by atoms with Crippen molar-refractivity contribution in [3.8, 4) is 5.88 Å². The first-order valence-electron chi connectivity index (χ1n) is 9.78. The highest BCUT2D eigenvalue weighted by molar-refractivity contribution is 5.64. The van der Waals surface area contributed by atoms with Crippen LogP contribution in [0.3, 0.4) is 0 Å². The normalized spacial score (nSPS) is 12.5. The maximum absolute atomic E-state index is 5.24. The molecule has 0 N–H and O–H groups in total.